The highest BCUT2D eigenvalue weighted by Gasteiger charge is 2.23. The Hall–Kier alpha value is -2.02. The molecular formula is C19H29N5O2. The maximum atomic E-state index is 12.6. The van der Waals surface area contributed by atoms with Crippen molar-refractivity contribution in [3.05, 3.63) is 11.8 Å². The van der Waals surface area contributed by atoms with Crippen molar-refractivity contribution in [2.75, 3.05) is 11.9 Å². The van der Waals surface area contributed by atoms with E-state index in [0.29, 0.717) is 17.3 Å². The summed E-state index contributed by atoms with van der Waals surface area (Å²) in [4.78, 5) is 26.1. The van der Waals surface area contributed by atoms with E-state index in [9.17, 15) is 9.90 Å². The quantitative estimate of drug-likeness (QED) is 0.650. The third-order valence-electron chi connectivity index (χ3n) is 5.06. The smallest absolute Gasteiger partial charge is 0.256 e. The van der Waals surface area contributed by atoms with Gasteiger partial charge in [0.25, 0.3) is 5.91 Å². The van der Waals surface area contributed by atoms with Crippen LogP contribution in [0.25, 0.3) is 0 Å². The van der Waals surface area contributed by atoms with Gasteiger partial charge in [-0.25, -0.2) is 9.98 Å². The summed E-state index contributed by atoms with van der Waals surface area (Å²) >= 11 is 0. The van der Waals surface area contributed by atoms with Gasteiger partial charge in [-0.2, -0.15) is 4.98 Å². The number of aliphatic imine (C=N–C) groups is 1. The SMILES string of the molecule is CCCCNc1ncc(C(=O)NC2CCC2)c(N=C2CCC(O)CC2)n1. The van der Waals surface area contributed by atoms with Crippen LogP contribution < -0.4 is 10.6 Å². The zero-order valence-electron chi connectivity index (χ0n) is 15.5. The van der Waals surface area contributed by atoms with Gasteiger partial charge in [-0.05, 0) is 51.4 Å². The van der Waals surface area contributed by atoms with E-state index < -0.39 is 0 Å². The number of hydrogen-bond donors (Lipinski definition) is 3. The molecule has 26 heavy (non-hydrogen) atoms. The first-order valence-electron chi connectivity index (χ1n) is 9.82. The Morgan fingerprint density at radius 2 is 2.08 bits per heavy atom. The van der Waals surface area contributed by atoms with Crippen molar-refractivity contribution in [1.29, 1.82) is 0 Å². The number of carbonyl (C=O) groups excluding carboxylic acids is 1. The van der Waals surface area contributed by atoms with Crippen LogP contribution in [0.3, 0.4) is 0 Å². The van der Waals surface area contributed by atoms with Gasteiger partial charge in [-0.1, -0.05) is 13.3 Å². The molecule has 1 amide bonds. The lowest BCUT2D eigenvalue weighted by atomic mass is 9.93. The topological polar surface area (TPSA) is 99.5 Å². The van der Waals surface area contributed by atoms with Crippen LogP contribution in [0.1, 0.15) is 75.1 Å². The third-order valence-corrected chi connectivity index (χ3v) is 5.06. The van der Waals surface area contributed by atoms with E-state index in [-0.39, 0.29) is 18.1 Å². The normalized spacial score (nSPS) is 20.4. The summed E-state index contributed by atoms with van der Waals surface area (Å²) in [6.45, 7) is 2.93. The van der Waals surface area contributed by atoms with E-state index in [2.05, 4.69) is 32.5 Å². The van der Waals surface area contributed by atoms with E-state index in [4.69, 9.17) is 0 Å². The van der Waals surface area contributed by atoms with Gasteiger partial charge in [-0.15, -0.1) is 0 Å². The van der Waals surface area contributed by atoms with Gasteiger partial charge in [0.05, 0.1) is 6.10 Å². The minimum absolute atomic E-state index is 0.148. The Balaban J connectivity index is 1.79. The summed E-state index contributed by atoms with van der Waals surface area (Å²) in [7, 11) is 0. The molecule has 1 aromatic heterocycles. The van der Waals surface area contributed by atoms with Gasteiger partial charge in [0, 0.05) is 24.5 Å². The number of hydrogen-bond acceptors (Lipinski definition) is 6. The highest BCUT2D eigenvalue weighted by Crippen LogP contribution is 2.24. The summed E-state index contributed by atoms with van der Waals surface area (Å²) < 4.78 is 0. The van der Waals surface area contributed by atoms with Gasteiger partial charge < -0.3 is 15.7 Å². The average Bonchev–Trinajstić information content (AvgIpc) is 2.60. The molecule has 0 saturated heterocycles. The van der Waals surface area contributed by atoms with Crippen molar-refractivity contribution in [3.63, 3.8) is 0 Å². The maximum absolute atomic E-state index is 12.6. The van der Waals surface area contributed by atoms with Gasteiger partial charge in [0.2, 0.25) is 5.95 Å². The number of amides is 1. The standard InChI is InChI=1S/C19H29N5O2/c1-2-3-11-20-19-21-12-16(18(26)23-13-5-4-6-13)17(24-19)22-14-7-9-15(25)10-8-14/h12-13,15,25H,2-11H2,1H3,(H,23,26)(H,20,21,24). The number of aliphatic hydroxyl groups excluding tert-OH is 1. The average molecular weight is 359 g/mol. The molecule has 0 spiro atoms. The van der Waals surface area contributed by atoms with Crippen LogP contribution in [-0.2, 0) is 0 Å². The molecule has 1 aromatic rings. The van der Waals surface area contributed by atoms with Gasteiger partial charge in [0.15, 0.2) is 5.82 Å². The maximum Gasteiger partial charge on any atom is 0.256 e. The van der Waals surface area contributed by atoms with Gasteiger partial charge in [0.1, 0.15) is 5.56 Å². The van der Waals surface area contributed by atoms with Crippen LogP contribution in [0.15, 0.2) is 11.2 Å². The summed E-state index contributed by atoms with van der Waals surface area (Å²) in [5, 5.41) is 15.9. The molecule has 2 aliphatic carbocycles. The molecule has 1 heterocycles. The Labute approximate surface area is 154 Å². The van der Waals surface area contributed by atoms with Crippen molar-refractivity contribution in [2.45, 2.75) is 76.9 Å². The lowest BCUT2D eigenvalue weighted by molar-refractivity contribution is 0.0917. The van der Waals surface area contributed by atoms with E-state index in [1.54, 1.807) is 6.20 Å². The highest BCUT2D eigenvalue weighted by atomic mass is 16.3. The van der Waals surface area contributed by atoms with E-state index >= 15 is 0 Å². The first-order chi connectivity index (χ1) is 12.7. The molecule has 0 unspecified atom stereocenters. The van der Waals surface area contributed by atoms with Crippen molar-refractivity contribution in [2.24, 2.45) is 4.99 Å². The number of rotatable bonds is 7. The molecule has 2 saturated carbocycles. The molecule has 0 bridgehead atoms. The third kappa shape index (κ3) is 5.00. The summed E-state index contributed by atoms with van der Waals surface area (Å²) in [6, 6.07) is 0.259. The lowest BCUT2D eigenvalue weighted by Gasteiger charge is -2.26. The number of anilines is 1. The number of nitrogens with zero attached hydrogens (tertiary/aromatic N) is 3. The molecule has 0 aromatic carbocycles. The minimum Gasteiger partial charge on any atom is -0.393 e. The summed E-state index contributed by atoms with van der Waals surface area (Å²) in [5.74, 6) is 0.793. The molecule has 2 aliphatic rings. The van der Waals surface area contributed by atoms with Crippen LogP contribution in [-0.4, -0.2) is 45.4 Å². The molecule has 2 fully saturated rings. The van der Waals surface area contributed by atoms with Crippen LogP contribution in [0.5, 0.6) is 0 Å². The van der Waals surface area contributed by atoms with Gasteiger partial charge in [-0.3, -0.25) is 4.79 Å². The highest BCUT2D eigenvalue weighted by molar-refractivity contribution is 5.99. The molecular weight excluding hydrogens is 330 g/mol. The Kier molecular flexibility index (Phi) is 6.55. The molecule has 3 N–H and O–H groups in total. The number of carbonyl (C=O) groups is 1. The fourth-order valence-corrected chi connectivity index (χ4v) is 3.09. The summed E-state index contributed by atoms with van der Waals surface area (Å²) in [5.41, 5.74) is 1.42. The van der Waals surface area contributed by atoms with Crippen LogP contribution >= 0.6 is 0 Å². The van der Waals surface area contributed by atoms with Crippen molar-refractivity contribution in [1.82, 2.24) is 15.3 Å². The lowest BCUT2D eigenvalue weighted by Crippen LogP contribution is -2.39. The molecule has 0 atom stereocenters. The zero-order valence-corrected chi connectivity index (χ0v) is 15.5. The van der Waals surface area contributed by atoms with Crippen molar-refractivity contribution < 1.29 is 9.90 Å². The van der Waals surface area contributed by atoms with Crippen molar-refractivity contribution in [3.8, 4) is 0 Å². The monoisotopic (exact) mass is 359 g/mol. The predicted molar refractivity (Wildman–Crippen MR) is 102 cm³/mol. The minimum atomic E-state index is -0.244. The second-order valence-corrected chi connectivity index (χ2v) is 7.22. The Morgan fingerprint density at radius 1 is 1.31 bits per heavy atom. The largest absolute Gasteiger partial charge is 0.393 e. The predicted octanol–water partition coefficient (Wildman–Crippen LogP) is 2.98. The Bertz CT molecular complexity index is 647. The molecule has 3 rings (SSSR count). The second-order valence-electron chi connectivity index (χ2n) is 7.22. The van der Waals surface area contributed by atoms with E-state index in [1.165, 1.54) is 6.42 Å². The molecule has 7 nitrogen and oxygen atoms in total. The number of nitrogens with one attached hydrogen (secondary N) is 2. The van der Waals surface area contributed by atoms with Crippen molar-refractivity contribution >= 4 is 23.4 Å². The number of unbranched alkanes of at least 4 members (excludes halogenated alkanes) is 1. The molecule has 142 valence electrons. The Morgan fingerprint density at radius 3 is 2.73 bits per heavy atom. The van der Waals surface area contributed by atoms with E-state index in [1.807, 2.05) is 0 Å². The molecule has 0 aliphatic heterocycles. The fourth-order valence-electron chi connectivity index (χ4n) is 3.09. The fraction of sp³-hybridized carbons (Fsp3) is 0.684. The van der Waals surface area contributed by atoms with Crippen LogP contribution in [0.2, 0.25) is 0 Å². The molecule has 0 radical (unpaired) electrons. The van der Waals surface area contributed by atoms with Crippen LogP contribution in [0.4, 0.5) is 11.8 Å². The zero-order chi connectivity index (χ0) is 18.4. The summed E-state index contributed by atoms with van der Waals surface area (Å²) in [6.07, 6.45) is 9.61. The van der Waals surface area contributed by atoms with Crippen LogP contribution in [0, 0.1) is 0 Å². The van der Waals surface area contributed by atoms with E-state index in [0.717, 1.165) is 63.6 Å². The number of aliphatic hydroxyl groups is 1. The van der Waals surface area contributed by atoms with Gasteiger partial charge >= 0.3 is 0 Å². The number of aromatic nitrogens is 2. The first kappa shape index (κ1) is 18.8. The second kappa shape index (κ2) is 9.07. The molecule has 7 heteroatoms. The first-order valence-corrected chi connectivity index (χ1v) is 9.82.